The average Bonchev–Trinajstić information content (AvgIpc) is 2.82. The van der Waals surface area contributed by atoms with Crippen molar-refractivity contribution < 1.29 is 9.90 Å². The van der Waals surface area contributed by atoms with Gasteiger partial charge in [-0.25, -0.2) is 9.78 Å². The molecule has 0 aliphatic carbocycles. The van der Waals surface area contributed by atoms with Crippen LogP contribution in [0.2, 0.25) is 0 Å². The fourth-order valence-corrected chi connectivity index (χ4v) is 2.27. The standard InChI is InChI=1S/C13H23N3O2S/c1-4-10-8-15-12(19-10)16-11(18)14-7-5-6-13(2,3)9-17/h8,17H,4-7,9H2,1-3H3,(H2,14,15,16,18). The maximum Gasteiger partial charge on any atom is 0.321 e. The van der Waals surface area contributed by atoms with E-state index in [9.17, 15) is 4.79 Å². The molecule has 0 bridgehead atoms. The van der Waals surface area contributed by atoms with Gasteiger partial charge in [0, 0.05) is 24.2 Å². The Morgan fingerprint density at radius 1 is 1.53 bits per heavy atom. The minimum atomic E-state index is -0.223. The number of aryl methyl sites for hydroxylation is 1. The number of anilines is 1. The van der Waals surface area contributed by atoms with Crippen LogP contribution in [0.5, 0.6) is 0 Å². The molecule has 108 valence electrons. The lowest BCUT2D eigenvalue weighted by Gasteiger charge is -2.21. The molecule has 1 aromatic rings. The van der Waals surface area contributed by atoms with Gasteiger partial charge in [-0.2, -0.15) is 0 Å². The molecule has 0 saturated carbocycles. The van der Waals surface area contributed by atoms with Crippen molar-refractivity contribution in [2.24, 2.45) is 5.41 Å². The molecule has 2 amide bonds. The molecule has 3 N–H and O–H groups in total. The van der Waals surface area contributed by atoms with Crippen LogP contribution in [-0.2, 0) is 6.42 Å². The summed E-state index contributed by atoms with van der Waals surface area (Å²) in [5.41, 5.74) is -0.0799. The zero-order valence-electron chi connectivity index (χ0n) is 11.8. The summed E-state index contributed by atoms with van der Waals surface area (Å²) in [4.78, 5) is 16.9. The van der Waals surface area contributed by atoms with Gasteiger partial charge in [0.15, 0.2) is 5.13 Å². The molecule has 0 radical (unpaired) electrons. The summed E-state index contributed by atoms with van der Waals surface area (Å²) in [5, 5.41) is 15.3. The van der Waals surface area contributed by atoms with E-state index in [0.717, 1.165) is 24.1 Å². The predicted octanol–water partition coefficient (Wildman–Crippen LogP) is 2.63. The first-order valence-corrected chi connectivity index (χ1v) is 7.39. The molecule has 0 saturated heterocycles. The van der Waals surface area contributed by atoms with Gasteiger partial charge in [-0.3, -0.25) is 5.32 Å². The Balaban J connectivity index is 2.21. The fraction of sp³-hybridized carbons (Fsp3) is 0.692. The van der Waals surface area contributed by atoms with Gasteiger partial charge in [0.05, 0.1) is 0 Å². The first-order valence-electron chi connectivity index (χ1n) is 6.57. The lowest BCUT2D eigenvalue weighted by atomic mass is 9.89. The highest BCUT2D eigenvalue weighted by molar-refractivity contribution is 7.15. The van der Waals surface area contributed by atoms with Gasteiger partial charge in [0.2, 0.25) is 0 Å². The number of urea groups is 1. The first kappa shape index (κ1) is 15.9. The van der Waals surface area contributed by atoms with Crippen molar-refractivity contribution in [3.05, 3.63) is 11.1 Å². The molecule has 1 aromatic heterocycles. The molecular formula is C13H23N3O2S. The minimum absolute atomic E-state index is 0.0799. The molecular weight excluding hydrogens is 262 g/mol. The topological polar surface area (TPSA) is 74.2 Å². The van der Waals surface area contributed by atoms with Crippen molar-refractivity contribution in [1.29, 1.82) is 0 Å². The van der Waals surface area contributed by atoms with Gasteiger partial charge in [-0.1, -0.05) is 20.8 Å². The summed E-state index contributed by atoms with van der Waals surface area (Å²) in [7, 11) is 0. The maximum absolute atomic E-state index is 11.6. The van der Waals surface area contributed by atoms with Crippen LogP contribution in [0.1, 0.15) is 38.5 Å². The largest absolute Gasteiger partial charge is 0.396 e. The van der Waals surface area contributed by atoms with Crippen LogP contribution in [0.4, 0.5) is 9.93 Å². The zero-order valence-corrected chi connectivity index (χ0v) is 12.6. The minimum Gasteiger partial charge on any atom is -0.396 e. The van der Waals surface area contributed by atoms with Crippen LogP contribution in [0, 0.1) is 5.41 Å². The molecule has 1 rings (SSSR count). The summed E-state index contributed by atoms with van der Waals surface area (Å²) < 4.78 is 0. The van der Waals surface area contributed by atoms with E-state index < -0.39 is 0 Å². The molecule has 5 nitrogen and oxygen atoms in total. The smallest absolute Gasteiger partial charge is 0.321 e. The number of nitrogens with zero attached hydrogens (tertiary/aromatic N) is 1. The molecule has 0 unspecified atom stereocenters. The van der Waals surface area contributed by atoms with Gasteiger partial charge in [0.25, 0.3) is 0 Å². The number of amides is 2. The zero-order chi connectivity index (χ0) is 14.3. The lowest BCUT2D eigenvalue weighted by molar-refractivity contribution is 0.148. The van der Waals surface area contributed by atoms with Crippen LogP contribution in [0.15, 0.2) is 6.20 Å². The lowest BCUT2D eigenvalue weighted by Crippen LogP contribution is -2.30. The summed E-state index contributed by atoms with van der Waals surface area (Å²) in [6, 6.07) is -0.223. The second kappa shape index (κ2) is 7.45. The van der Waals surface area contributed by atoms with E-state index in [0.29, 0.717) is 11.7 Å². The van der Waals surface area contributed by atoms with E-state index >= 15 is 0 Å². The number of nitrogens with one attached hydrogen (secondary N) is 2. The number of aliphatic hydroxyl groups excluding tert-OH is 1. The number of aromatic nitrogens is 1. The van der Waals surface area contributed by atoms with E-state index in [2.05, 4.69) is 22.5 Å². The highest BCUT2D eigenvalue weighted by atomic mass is 32.1. The second-order valence-electron chi connectivity index (χ2n) is 5.29. The molecule has 19 heavy (non-hydrogen) atoms. The number of aliphatic hydroxyl groups is 1. The molecule has 0 spiro atoms. The summed E-state index contributed by atoms with van der Waals surface area (Å²) >= 11 is 1.49. The molecule has 0 fully saturated rings. The normalized spacial score (nSPS) is 11.4. The molecule has 0 aromatic carbocycles. The van der Waals surface area contributed by atoms with Crippen molar-refractivity contribution in [1.82, 2.24) is 10.3 Å². The molecule has 6 heteroatoms. The third-order valence-corrected chi connectivity index (χ3v) is 3.92. The summed E-state index contributed by atoms with van der Waals surface area (Å²) in [6.07, 6.45) is 4.43. The van der Waals surface area contributed by atoms with Crippen LogP contribution in [0.25, 0.3) is 0 Å². The number of thiazole rings is 1. The Hall–Kier alpha value is -1.14. The van der Waals surface area contributed by atoms with Crippen LogP contribution in [-0.4, -0.2) is 29.3 Å². The summed E-state index contributed by atoms with van der Waals surface area (Å²) in [6.45, 7) is 6.84. The van der Waals surface area contributed by atoms with Crippen LogP contribution >= 0.6 is 11.3 Å². The Kier molecular flexibility index (Phi) is 6.24. The molecule has 0 aliphatic rings. The number of rotatable bonds is 7. The Labute approximate surface area is 118 Å². The highest BCUT2D eigenvalue weighted by Crippen LogP contribution is 2.20. The highest BCUT2D eigenvalue weighted by Gasteiger charge is 2.15. The monoisotopic (exact) mass is 285 g/mol. The summed E-state index contributed by atoms with van der Waals surface area (Å²) in [5.74, 6) is 0. The van der Waals surface area contributed by atoms with E-state index in [1.165, 1.54) is 11.3 Å². The third-order valence-electron chi connectivity index (χ3n) is 2.87. The quantitative estimate of drug-likeness (QED) is 0.674. The number of carbonyl (C=O) groups excluding carboxylic acids is 1. The number of carbonyl (C=O) groups is 1. The van der Waals surface area contributed by atoms with Gasteiger partial charge in [-0.15, -0.1) is 11.3 Å². The Morgan fingerprint density at radius 2 is 2.26 bits per heavy atom. The Morgan fingerprint density at radius 3 is 2.84 bits per heavy atom. The number of hydrogen-bond acceptors (Lipinski definition) is 4. The maximum atomic E-state index is 11.6. The number of hydrogen-bond donors (Lipinski definition) is 3. The van der Waals surface area contributed by atoms with Crippen LogP contribution < -0.4 is 10.6 Å². The van der Waals surface area contributed by atoms with Gasteiger partial charge in [-0.05, 0) is 24.7 Å². The first-order chi connectivity index (χ1) is 8.96. The molecule has 1 heterocycles. The van der Waals surface area contributed by atoms with Gasteiger partial charge in [0.1, 0.15) is 0 Å². The predicted molar refractivity (Wildman–Crippen MR) is 78.6 cm³/mol. The van der Waals surface area contributed by atoms with E-state index in [1.807, 2.05) is 13.8 Å². The van der Waals surface area contributed by atoms with Crippen molar-refractivity contribution in [2.75, 3.05) is 18.5 Å². The second-order valence-corrected chi connectivity index (χ2v) is 6.41. The third kappa shape index (κ3) is 6.02. The van der Waals surface area contributed by atoms with Crippen molar-refractivity contribution >= 4 is 22.5 Å². The molecule has 0 aliphatic heterocycles. The van der Waals surface area contributed by atoms with Crippen molar-refractivity contribution in [3.63, 3.8) is 0 Å². The van der Waals surface area contributed by atoms with E-state index in [-0.39, 0.29) is 18.1 Å². The molecule has 0 atom stereocenters. The van der Waals surface area contributed by atoms with E-state index in [1.54, 1.807) is 6.20 Å². The Bertz CT molecular complexity index is 404. The van der Waals surface area contributed by atoms with Gasteiger partial charge < -0.3 is 10.4 Å². The SMILES string of the molecule is CCc1cnc(NC(=O)NCCCC(C)(C)CO)s1. The fourth-order valence-electron chi connectivity index (χ4n) is 1.52. The van der Waals surface area contributed by atoms with Crippen LogP contribution in [0.3, 0.4) is 0 Å². The van der Waals surface area contributed by atoms with Gasteiger partial charge >= 0.3 is 6.03 Å². The average molecular weight is 285 g/mol. The van der Waals surface area contributed by atoms with Crippen molar-refractivity contribution in [3.8, 4) is 0 Å². The van der Waals surface area contributed by atoms with Crippen molar-refractivity contribution in [2.45, 2.75) is 40.0 Å². The van der Waals surface area contributed by atoms with E-state index in [4.69, 9.17) is 5.11 Å².